The number of amides is 1. The summed E-state index contributed by atoms with van der Waals surface area (Å²) in [7, 11) is 0. The lowest BCUT2D eigenvalue weighted by molar-refractivity contribution is -0.121. The Balaban J connectivity index is 1.62. The molecule has 1 amide bonds. The maximum absolute atomic E-state index is 11.6. The van der Waals surface area contributed by atoms with Crippen LogP contribution in [0.4, 0.5) is 0 Å². The van der Waals surface area contributed by atoms with Gasteiger partial charge in [-0.15, -0.1) is 0 Å². The molecule has 3 N–H and O–H groups in total. The van der Waals surface area contributed by atoms with Crippen LogP contribution in [-0.4, -0.2) is 43.0 Å². The lowest BCUT2D eigenvalue weighted by Gasteiger charge is -2.38. The van der Waals surface area contributed by atoms with E-state index in [9.17, 15) is 4.79 Å². The van der Waals surface area contributed by atoms with Crippen molar-refractivity contribution in [3.05, 3.63) is 0 Å². The summed E-state index contributed by atoms with van der Waals surface area (Å²) in [5.41, 5.74) is 6.11. The van der Waals surface area contributed by atoms with Gasteiger partial charge in [-0.25, -0.2) is 0 Å². The molecule has 1 saturated heterocycles. The van der Waals surface area contributed by atoms with Crippen molar-refractivity contribution < 1.29 is 4.79 Å². The number of nitrogens with zero attached hydrogens (tertiary/aromatic N) is 1. The topological polar surface area (TPSA) is 58.4 Å². The molecule has 0 aromatic carbocycles. The Morgan fingerprint density at radius 3 is 2.59 bits per heavy atom. The standard InChI is InChI=1S/C13H25N3O/c1-13(10-14)5-8-16(9-6-13)7-4-12(17)15-11-2-3-11/h11H,2-10,14H2,1H3,(H,15,17). The fourth-order valence-electron chi connectivity index (χ4n) is 2.31. The molecule has 1 saturated carbocycles. The molecule has 0 spiro atoms. The number of carbonyl (C=O) groups is 1. The Kier molecular flexibility index (Phi) is 4.05. The third kappa shape index (κ3) is 3.96. The summed E-state index contributed by atoms with van der Waals surface area (Å²) in [6, 6.07) is 0.490. The second kappa shape index (κ2) is 5.36. The van der Waals surface area contributed by atoms with E-state index in [1.165, 1.54) is 12.8 Å². The van der Waals surface area contributed by atoms with Gasteiger partial charge in [-0.3, -0.25) is 4.79 Å². The van der Waals surface area contributed by atoms with E-state index in [4.69, 9.17) is 5.73 Å². The number of nitrogens with two attached hydrogens (primary N) is 1. The third-order valence-electron chi connectivity index (χ3n) is 4.15. The number of likely N-dealkylation sites (tertiary alicyclic amines) is 1. The van der Waals surface area contributed by atoms with E-state index >= 15 is 0 Å². The van der Waals surface area contributed by atoms with E-state index in [1.807, 2.05) is 0 Å². The van der Waals surface area contributed by atoms with Crippen molar-refractivity contribution >= 4 is 5.91 Å². The molecule has 0 atom stereocenters. The number of hydrogen-bond donors (Lipinski definition) is 2. The van der Waals surface area contributed by atoms with Crippen molar-refractivity contribution in [2.24, 2.45) is 11.1 Å². The van der Waals surface area contributed by atoms with Gasteiger partial charge in [-0.05, 0) is 50.7 Å². The summed E-state index contributed by atoms with van der Waals surface area (Å²) in [5, 5.41) is 3.04. The van der Waals surface area contributed by atoms with Crippen molar-refractivity contribution in [3.8, 4) is 0 Å². The smallest absolute Gasteiger partial charge is 0.221 e. The van der Waals surface area contributed by atoms with Crippen LogP contribution in [0.1, 0.15) is 39.0 Å². The second-order valence-electron chi connectivity index (χ2n) is 5.95. The van der Waals surface area contributed by atoms with E-state index in [0.29, 0.717) is 17.9 Å². The molecule has 98 valence electrons. The summed E-state index contributed by atoms with van der Waals surface area (Å²) in [6.45, 7) is 6.13. The number of nitrogens with one attached hydrogen (secondary N) is 1. The van der Waals surface area contributed by atoms with Crippen LogP contribution in [0.5, 0.6) is 0 Å². The fraction of sp³-hybridized carbons (Fsp3) is 0.923. The first-order valence-corrected chi connectivity index (χ1v) is 6.83. The molecule has 17 heavy (non-hydrogen) atoms. The van der Waals surface area contributed by atoms with Gasteiger partial charge in [0.05, 0.1) is 0 Å². The maximum atomic E-state index is 11.6. The zero-order valence-electron chi connectivity index (χ0n) is 10.9. The minimum absolute atomic E-state index is 0.222. The van der Waals surface area contributed by atoms with Crippen molar-refractivity contribution in [3.63, 3.8) is 0 Å². The van der Waals surface area contributed by atoms with Crippen molar-refractivity contribution in [1.82, 2.24) is 10.2 Å². The minimum atomic E-state index is 0.222. The first-order valence-electron chi connectivity index (χ1n) is 6.83. The molecule has 0 aromatic rings. The Hall–Kier alpha value is -0.610. The SMILES string of the molecule is CC1(CN)CCN(CCC(=O)NC2CC2)CC1. The fourth-order valence-corrected chi connectivity index (χ4v) is 2.31. The molecule has 2 fully saturated rings. The van der Waals surface area contributed by atoms with Gasteiger partial charge in [0.15, 0.2) is 0 Å². The highest BCUT2D eigenvalue weighted by atomic mass is 16.1. The van der Waals surface area contributed by atoms with E-state index in [2.05, 4.69) is 17.1 Å². The molecule has 0 unspecified atom stereocenters. The first-order chi connectivity index (χ1) is 8.11. The molecule has 1 aliphatic heterocycles. The number of hydrogen-bond acceptors (Lipinski definition) is 3. The molecule has 2 aliphatic rings. The van der Waals surface area contributed by atoms with Gasteiger partial charge in [0.1, 0.15) is 0 Å². The normalized spacial score (nSPS) is 24.6. The minimum Gasteiger partial charge on any atom is -0.353 e. The molecular formula is C13H25N3O. The van der Waals surface area contributed by atoms with Gasteiger partial charge in [0.25, 0.3) is 0 Å². The molecule has 2 rings (SSSR count). The quantitative estimate of drug-likeness (QED) is 0.743. The molecule has 0 radical (unpaired) electrons. The Morgan fingerprint density at radius 2 is 2.06 bits per heavy atom. The molecular weight excluding hydrogens is 214 g/mol. The predicted octanol–water partition coefficient (Wildman–Crippen LogP) is 0.716. The highest BCUT2D eigenvalue weighted by Gasteiger charge is 2.29. The highest BCUT2D eigenvalue weighted by Crippen LogP contribution is 2.29. The first kappa shape index (κ1) is 12.8. The van der Waals surface area contributed by atoms with Crippen LogP contribution in [0.25, 0.3) is 0 Å². The van der Waals surface area contributed by atoms with Gasteiger partial charge >= 0.3 is 0 Å². The summed E-state index contributed by atoms with van der Waals surface area (Å²) >= 11 is 0. The van der Waals surface area contributed by atoms with Crippen LogP contribution in [0.2, 0.25) is 0 Å². The number of piperidine rings is 1. The van der Waals surface area contributed by atoms with Crippen molar-refractivity contribution in [1.29, 1.82) is 0 Å². The van der Waals surface area contributed by atoms with Crippen LogP contribution < -0.4 is 11.1 Å². The summed E-state index contributed by atoms with van der Waals surface area (Å²) in [5.74, 6) is 0.222. The van der Waals surface area contributed by atoms with Gasteiger partial charge in [-0.2, -0.15) is 0 Å². The van der Waals surface area contributed by atoms with Crippen LogP contribution in [-0.2, 0) is 4.79 Å². The van der Waals surface area contributed by atoms with E-state index in [-0.39, 0.29) is 5.91 Å². The van der Waals surface area contributed by atoms with Crippen LogP contribution in [0, 0.1) is 5.41 Å². The Bertz CT molecular complexity index is 268. The van der Waals surface area contributed by atoms with Crippen molar-refractivity contribution in [2.45, 2.75) is 45.1 Å². The summed E-state index contributed by atoms with van der Waals surface area (Å²) in [4.78, 5) is 14.0. The lowest BCUT2D eigenvalue weighted by Crippen LogP contribution is -2.43. The molecule has 0 aromatic heterocycles. The highest BCUT2D eigenvalue weighted by molar-refractivity contribution is 5.76. The van der Waals surface area contributed by atoms with E-state index in [1.54, 1.807) is 0 Å². The zero-order chi connectivity index (χ0) is 12.3. The molecule has 1 heterocycles. The number of carbonyl (C=O) groups excluding carboxylic acids is 1. The monoisotopic (exact) mass is 239 g/mol. The maximum Gasteiger partial charge on any atom is 0.221 e. The molecule has 0 bridgehead atoms. The van der Waals surface area contributed by atoms with Crippen LogP contribution in [0.3, 0.4) is 0 Å². The second-order valence-corrected chi connectivity index (χ2v) is 5.95. The van der Waals surface area contributed by atoms with Crippen LogP contribution >= 0.6 is 0 Å². The summed E-state index contributed by atoms with van der Waals surface area (Å²) in [6.07, 6.45) is 5.31. The van der Waals surface area contributed by atoms with Crippen LogP contribution in [0.15, 0.2) is 0 Å². The largest absolute Gasteiger partial charge is 0.353 e. The van der Waals surface area contributed by atoms with Gasteiger partial charge in [-0.1, -0.05) is 6.92 Å². The Labute approximate surface area is 104 Å². The van der Waals surface area contributed by atoms with Crippen molar-refractivity contribution in [2.75, 3.05) is 26.2 Å². The van der Waals surface area contributed by atoms with Gasteiger partial charge in [0.2, 0.25) is 5.91 Å². The number of rotatable bonds is 5. The van der Waals surface area contributed by atoms with E-state index < -0.39 is 0 Å². The average Bonchev–Trinajstić information content (AvgIpc) is 3.12. The average molecular weight is 239 g/mol. The van der Waals surface area contributed by atoms with Gasteiger partial charge < -0.3 is 16.0 Å². The molecule has 4 nitrogen and oxygen atoms in total. The third-order valence-corrected chi connectivity index (χ3v) is 4.15. The Morgan fingerprint density at radius 1 is 1.41 bits per heavy atom. The molecule has 4 heteroatoms. The zero-order valence-corrected chi connectivity index (χ0v) is 10.9. The van der Waals surface area contributed by atoms with Gasteiger partial charge in [0, 0.05) is 19.0 Å². The molecule has 1 aliphatic carbocycles. The predicted molar refractivity (Wildman–Crippen MR) is 68.6 cm³/mol. The lowest BCUT2D eigenvalue weighted by atomic mass is 9.80. The summed E-state index contributed by atoms with van der Waals surface area (Å²) < 4.78 is 0. The van der Waals surface area contributed by atoms with E-state index in [0.717, 1.165) is 39.0 Å².